The molecule has 0 spiro atoms. The van der Waals surface area contributed by atoms with E-state index in [1.807, 2.05) is 0 Å². The maximum Gasteiger partial charge on any atom is 0.240 e. The summed E-state index contributed by atoms with van der Waals surface area (Å²) >= 11 is 0. The van der Waals surface area contributed by atoms with Gasteiger partial charge in [-0.3, -0.25) is 4.79 Å². The average molecular weight is 357 g/mol. The van der Waals surface area contributed by atoms with Gasteiger partial charge in [0, 0.05) is 45.2 Å². The maximum atomic E-state index is 12.3. The molecule has 1 aliphatic heterocycles. The Labute approximate surface area is 142 Å². The summed E-state index contributed by atoms with van der Waals surface area (Å²) in [6, 6.07) is 4.35. The number of rotatable bonds is 7. The second kappa shape index (κ2) is 8.32. The van der Waals surface area contributed by atoms with Crippen molar-refractivity contribution in [2.24, 2.45) is 0 Å². The standard InChI is InChI=1S/C15H23N3O5S/c1-22-13-4-3-12(11-14(13)23-2)24(20,21)17-6-5-15(19)18-9-7-16-8-10-18/h3-4,11,16-17H,5-10H2,1-2H3. The molecule has 1 aromatic rings. The topological polar surface area (TPSA) is 97.0 Å². The van der Waals surface area contributed by atoms with Crippen molar-refractivity contribution in [2.45, 2.75) is 11.3 Å². The van der Waals surface area contributed by atoms with Crippen LogP contribution in [0.4, 0.5) is 0 Å². The molecule has 1 aromatic carbocycles. The molecule has 1 saturated heterocycles. The van der Waals surface area contributed by atoms with E-state index in [9.17, 15) is 13.2 Å². The van der Waals surface area contributed by atoms with Gasteiger partial charge in [0.15, 0.2) is 11.5 Å². The summed E-state index contributed by atoms with van der Waals surface area (Å²) in [7, 11) is -0.796. The Hall–Kier alpha value is -1.84. The second-order valence-corrected chi connectivity index (χ2v) is 7.06. The van der Waals surface area contributed by atoms with E-state index in [0.29, 0.717) is 24.6 Å². The molecule has 0 bridgehead atoms. The van der Waals surface area contributed by atoms with E-state index in [1.165, 1.54) is 32.4 Å². The molecule has 0 radical (unpaired) electrons. The summed E-state index contributed by atoms with van der Waals surface area (Å²) in [4.78, 5) is 13.8. The fourth-order valence-corrected chi connectivity index (χ4v) is 3.48. The van der Waals surface area contributed by atoms with Crippen molar-refractivity contribution in [3.8, 4) is 11.5 Å². The van der Waals surface area contributed by atoms with Gasteiger partial charge in [0.25, 0.3) is 0 Å². The number of nitrogens with zero attached hydrogens (tertiary/aromatic N) is 1. The minimum Gasteiger partial charge on any atom is -0.493 e. The van der Waals surface area contributed by atoms with Crippen molar-refractivity contribution in [1.29, 1.82) is 0 Å². The lowest BCUT2D eigenvalue weighted by atomic mass is 10.3. The number of carbonyl (C=O) groups is 1. The molecule has 9 heteroatoms. The summed E-state index contributed by atoms with van der Waals surface area (Å²) in [6.45, 7) is 2.90. The first-order valence-electron chi connectivity index (χ1n) is 7.68. The van der Waals surface area contributed by atoms with Gasteiger partial charge in [0.05, 0.1) is 19.1 Å². The zero-order chi connectivity index (χ0) is 17.6. The predicted molar refractivity (Wildman–Crippen MR) is 88.8 cm³/mol. The largest absolute Gasteiger partial charge is 0.493 e. The molecular formula is C15H23N3O5S. The summed E-state index contributed by atoms with van der Waals surface area (Å²) in [5.41, 5.74) is 0. The first kappa shape index (κ1) is 18.5. The molecule has 0 unspecified atom stereocenters. The molecule has 24 heavy (non-hydrogen) atoms. The number of hydrogen-bond donors (Lipinski definition) is 2. The molecule has 0 atom stereocenters. The van der Waals surface area contributed by atoms with Crippen LogP contribution in [0.3, 0.4) is 0 Å². The van der Waals surface area contributed by atoms with E-state index >= 15 is 0 Å². The third-order valence-electron chi connectivity index (χ3n) is 3.77. The van der Waals surface area contributed by atoms with E-state index in [2.05, 4.69) is 10.0 Å². The van der Waals surface area contributed by atoms with Crippen LogP contribution in [0.5, 0.6) is 11.5 Å². The number of hydrogen-bond acceptors (Lipinski definition) is 6. The van der Waals surface area contributed by atoms with Crippen LogP contribution >= 0.6 is 0 Å². The zero-order valence-corrected chi connectivity index (χ0v) is 14.7. The molecular weight excluding hydrogens is 334 g/mol. The van der Waals surface area contributed by atoms with Crippen molar-refractivity contribution in [2.75, 3.05) is 46.9 Å². The van der Waals surface area contributed by atoms with Gasteiger partial charge in [0.2, 0.25) is 15.9 Å². The Balaban J connectivity index is 1.94. The highest BCUT2D eigenvalue weighted by molar-refractivity contribution is 7.89. The van der Waals surface area contributed by atoms with Crippen LogP contribution in [0.1, 0.15) is 6.42 Å². The molecule has 0 aromatic heterocycles. The fraction of sp³-hybridized carbons (Fsp3) is 0.533. The Morgan fingerprint density at radius 1 is 1.21 bits per heavy atom. The summed E-state index contributed by atoms with van der Waals surface area (Å²) in [6.07, 6.45) is 0.131. The normalized spacial score (nSPS) is 15.2. The lowest BCUT2D eigenvalue weighted by Crippen LogP contribution is -2.47. The zero-order valence-electron chi connectivity index (χ0n) is 13.9. The molecule has 2 N–H and O–H groups in total. The van der Waals surface area contributed by atoms with E-state index in [-0.39, 0.29) is 23.8 Å². The summed E-state index contributed by atoms with van der Waals surface area (Å²) < 4.78 is 37.3. The molecule has 0 aliphatic carbocycles. The summed E-state index contributed by atoms with van der Waals surface area (Å²) in [5.74, 6) is 0.731. The smallest absolute Gasteiger partial charge is 0.240 e. The molecule has 1 amide bonds. The van der Waals surface area contributed by atoms with Crippen LogP contribution < -0.4 is 19.5 Å². The van der Waals surface area contributed by atoms with Crippen LogP contribution in [0.25, 0.3) is 0 Å². The van der Waals surface area contributed by atoms with Crippen LogP contribution in [0, 0.1) is 0 Å². The minimum atomic E-state index is -3.71. The van der Waals surface area contributed by atoms with Gasteiger partial charge in [-0.05, 0) is 12.1 Å². The molecule has 2 rings (SSSR count). The van der Waals surface area contributed by atoms with E-state index < -0.39 is 10.0 Å². The minimum absolute atomic E-state index is 0.0495. The first-order chi connectivity index (χ1) is 11.5. The predicted octanol–water partition coefficient (Wildman–Crippen LogP) is -0.196. The van der Waals surface area contributed by atoms with Gasteiger partial charge < -0.3 is 19.7 Å². The number of sulfonamides is 1. The molecule has 8 nitrogen and oxygen atoms in total. The monoisotopic (exact) mass is 357 g/mol. The van der Waals surface area contributed by atoms with Crippen molar-refractivity contribution >= 4 is 15.9 Å². The Morgan fingerprint density at radius 3 is 2.50 bits per heavy atom. The number of carbonyl (C=O) groups excluding carboxylic acids is 1. The second-order valence-electron chi connectivity index (χ2n) is 5.30. The van der Waals surface area contributed by atoms with E-state index in [1.54, 1.807) is 4.90 Å². The number of nitrogens with one attached hydrogen (secondary N) is 2. The van der Waals surface area contributed by atoms with E-state index in [0.717, 1.165) is 13.1 Å². The van der Waals surface area contributed by atoms with Crippen molar-refractivity contribution in [3.05, 3.63) is 18.2 Å². The molecule has 134 valence electrons. The number of amides is 1. The lowest BCUT2D eigenvalue weighted by Gasteiger charge is -2.27. The quantitative estimate of drug-likeness (QED) is 0.702. The highest BCUT2D eigenvalue weighted by atomic mass is 32.2. The molecule has 1 fully saturated rings. The number of methoxy groups -OCH3 is 2. The van der Waals surface area contributed by atoms with E-state index in [4.69, 9.17) is 9.47 Å². The SMILES string of the molecule is COc1ccc(S(=O)(=O)NCCC(=O)N2CCNCC2)cc1OC. The van der Waals surface area contributed by atoms with Crippen molar-refractivity contribution < 1.29 is 22.7 Å². The van der Waals surface area contributed by atoms with Gasteiger partial charge in [0.1, 0.15) is 0 Å². The molecule has 1 heterocycles. The number of piperazine rings is 1. The third-order valence-corrected chi connectivity index (χ3v) is 5.22. The van der Waals surface area contributed by atoms with Crippen LogP contribution in [-0.2, 0) is 14.8 Å². The Morgan fingerprint density at radius 2 is 1.88 bits per heavy atom. The van der Waals surface area contributed by atoms with Crippen molar-refractivity contribution in [3.63, 3.8) is 0 Å². The Kier molecular flexibility index (Phi) is 6.41. The van der Waals surface area contributed by atoms with Gasteiger partial charge in [-0.25, -0.2) is 13.1 Å². The third kappa shape index (κ3) is 4.59. The fourth-order valence-electron chi connectivity index (χ4n) is 2.43. The van der Waals surface area contributed by atoms with Gasteiger partial charge >= 0.3 is 0 Å². The maximum absolute atomic E-state index is 12.3. The van der Waals surface area contributed by atoms with Crippen molar-refractivity contribution in [1.82, 2.24) is 14.9 Å². The van der Waals surface area contributed by atoms with Crippen LogP contribution in [-0.4, -0.2) is 66.2 Å². The van der Waals surface area contributed by atoms with Crippen LogP contribution in [0.15, 0.2) is 23.1 Å². The van der Waals surface area contributed by atoms with Crippen LogP contribution in [0.2, 0.25) is 0 Å². The lowest BCUT2D eigenvalue weighted by molar-refractivity contribution is -0.131. The first-order valence-corrected chi connectivity index (χ1v) is 9.16. The molecule has 0 saturated carbocycles. The van der Waals surface area contributed by atoms with Gasteiger partial charge in [-0.2, -0.15) is 0 Å². The van der Waals surface area contributed by atoms with Gasteiger partial charge in [-0.1, -0.05) is 0 Å². The summed E-state index contributed by atoms with van der Waals surface area (Å²) in [5, 5.41) is 3.16. The Bertz CT molecular complexity index is 672. The number of benzene rings is 1. The van der Waals surface area contributed by atoms with Gasteiger partial charge in [-0.15, -0.1) is 0 Å². The highest BCUT2D eigenvalue weighted by Crippen LogP contribution is 2.29. The highest BCUT2D eigenvalue weighted by Gasteiger charge is 2.19. The number of ether oxygens (including phenoxy) is 2. The average Bonchev–Trinajstić information content (AvgIpc) is 2.61. The molecule has 1 aliphatic rings.